The molecule has 0 aliphatic carbocycles. The van der Waals surface area contributed by atoms with Crippen molar-refractivity contribution in [3.8, 4) is 0 Å². The van der Waals surface area contributed by atoms with Gasteiger partial charge in [0.1, 0.15) is 0 Å². The molecule has 2 N–H and O–H groups in total. The van der Waals surface area contributed by atoms with E-state index in [9.17, 15) is 0 Å². The smallest absolute Gasteiger partial charge is 0.0727 e. The van der Waals surface area contributed by atoms with E-state index in [0.29, 0.717) is 11.0 Å². The van der Waals surface area contributed by atoms with Gasteiger partial charge in [-0.2, -0.15) is 0 Å². The fourth-order valence-electron chi connectivity index (χ4n) is 2.37. The maximum Gasteiger partial charge on any atom is 0.0727 e. The lowest BCUT2D eigenvalue weighted by Crippen LogP contribution is -2.38. The molecule has 4 heteroatoms. The van der Waals surface area contributed by atoms with Gasteiger partial charge in [-0.25, -0.2) is 0 Å². The lowest BCUT2D eigenvalue weighted by molar-refractivity contribution is 0.199. The van der Waals surface area contributed by atoms with Gasteiger partial charge in [0.05, 0.1) is 4.99 Å². The van der Waals surface area contributed by atoms with Crippen molar-refractivity contribution >= 4 is 17.2 Å². The molecule has 0 amide bonds. The predicted octanol–water partition coefficient (Wildman–Crippen LogP) is 1.47. The van der Waals surface area contributed by atoms with Gasteiger partial charge in [-0.05, 0) is 59.3 Å². The molecule has 1 saturated heterocycles. The van der Waals surface area contributed by atoms with Crippen LogP contribution in [0.3, 0.4) is 0 Å². The van der Waals surface area contributed by atoms with Crippen LogP contribution < -0.4 is 5.73 Å². The van der Waals surface area contributed by atoms with Crippen LogP contribution in [0, 0.1) is 0 Å². The van der Waals surface area contributed by atoms with Crippen LogP contribution in [0.1, 0.15) is 32.6 Å². The highest BCUT2D eigenvalue weighted by Crippen LogP contribution is 2.10. The average Bonchev–Trinajstić information content (AvgIpc) is 2.35. The van der Waals surface area contributed by atoms with Gasteiger partial charge in [0.15, 0.2) is 0 Å². The van der Waals surface area contributed by atoms with Crippen molar-refractivity contribution in [1.29, 1.82) is 0 Å². The summed E-state index contributed by atoms with van der Waals surface area (Å²) in [5.74, 6) is 0. The summed E-state index contributed by atoms with van der Waals surface area (Å²) in [6.07, 6.45) is 4.54. The topological polar surface area (TPSA) is 32.5 Å². The van der Waals surface area contributed by atoms with Crippen molar-refractivity contribution in [3.05, 3.63) is 0 Å². The Balaban J connectivity index is 2.21. The van der Waals surface area contributed by atoms with E-state index in [4.69, 9.17) is 18.0 Å². The summed E-state index contributed by atoms with van der Waals surface area (Å²) in [5, 5.41) is 0. The molecule has 0 radical (unpaired) electrons. The Kier molecular flexibility index (Phi) is 6.24. The molecule has 0 saturated carbocycles. The number of thiocarbonyl (C=S) groups is 1. The summed E-state index contributed by atoms with van der Waals surface area (Å²) in [6, 6.07) is 0.678. The van der Waals surface area contributed by atoms with E-state index in [0.717, 1.165) is 12.8 Å². The van der Waals surface area contributed by atoms with Crippen molar-refractivity contribution in [2.45, 2.75) is 38.6 Å². The number of hydrogen-bond acceptors (Lipinski definition) is 3. The van der Waals surface area contributed by atoms with Gasteiger partial charge in [0, 0.05) is 12.6 Å². The van der Waals surface area contributed by atoms with Gasteiger partial charge in [-0.1, -0.05) is 12.2 Å². The molecular weight excluding hydrogens is 218 g/mol. The van der Waals surface area contributed by atoms with Gasteiger partial charge in [0.2, 0.25) is 0 Å². The minimum absolute atomic E-state index is 0.656. The Morgan fingerprint density at radius 2 is 2.12 bits per heavy atom. The van der Waals surface area contributed by atoms with E-state index < -0.39 is 0 Å². The molecule has 1 heterocycles. The van der Waals surface area contributed by atoms with Crippen molar-refractivity contribution in [2.24, 2.45) is 5.73 Å². The summed E-state index contributed by atoms with van der Waals surface area (Å²) in [6.45, 7) is 7.18. The summed E-state index contributed by atoms with van der Waals surface area (Å²) >= 11 is 4.88. The SMILES string of the molecule is CC1CN(C)CCCN1CCCCC(N)=S. The van der Waals surface area contributed by atoms with Crippen LogP contribution in [0.15, 0.2) is 0 Å². The minimum Gasteiger partial charge on any atom is -0.393 e. The number of nitrogens with zero attached hydrogens (tertiary/aromatic N) is 2. The highest BCUT2D eigenvalue weighted by Gasteiger charge is 2.18. The highest BCUT2D eigenvalue weighted by molar-refractivity contribution is 7.80. The molecule has 0 aromatic carbocycles. The molecule has 0 spiro atoms. The fraction of sp³-hybridized carbons (Fsp3) is 0.917. The van der Waals surface area contributed by atoms with E-state index in [-0.39, 0.29) is 0 Å². The summed E-state index contributed by atoms with van der Waals surface area (Å²) in [4.78, 5) is 5.69. The van der Waals surface area contributed by atoms with Crippen LogP contribution in [0.5, 0.6) is 0 Å². The van der Waals surface area contributed by atoms with Crippen molar-refractivity contribution < 1.29 is 0 Å². The van der Waals surface area contributed by atoms with Crippen LogP contribution in [0.25, 0.3) is 0 Å². The zero-order valence-electron chi connectivity index (χ0n) is 10.6. The van der Waals surface area contributed by atoms with E-state index >= 15 is 0 Å². The molecule has 1 unspecified atom stereocenters. The second kappa shape index (κ2) is 7.20. The molecule has 0 aromatic rings. The Labute approximate surface area is 105 Å². The van der Waals surface area contributed by atoms with Gasteiger partial charge >= 0.3 is 0 Å². The first kappa shape index (κ1) is 13.9. The van der Waals surface area contributed by atoms with Gasteiger partial charge in [-0.3, -0.25) is 4.90 Å². The molecule has 0 aromatic heterocycles. The standard InChI is InChI=1S/C12H25N3S/c1-11-10-14(2)7-5-9-15(11)8-4-3-6-12(13)16/h11H,3-10H2,1-2H3,(H2,13,16). The third-order valence-electron chi connectivity index (χ3n) is 3.30. The fourth-order valence-corrected chi connectivity index (χ4v) is 2.51. The number of rotatable bonds is 5. The van der Waals surface area contributed by atoms with Crippen molar-refractivity contribution in [3.63, 3.8) is 0 Å². The molecule has 1 aliphatic heterocycles. The van der Waals surface area contributed by atoms with Gasteiger partial charge in [0.25, 0.3) is 0 Å². The quantitative estimate of drug-likeness (QED) is 0.585. The summed E-state index contributed by atoms with van der Waals surface area (Å²) < 4.78 is 0. The first-order valence-corrected chi connectivity index (χ1v) is 6.71. The third-order valence-corrected chi connectivity index (χ3v) is 3.51. The molecule has 94 valence electrons. The highest BCUT2D eigenvalue weighted by atomic mass is 32.1. The van der Waals surface area contributed by atoms with Crippen LogP contribution in [0.4, 0.5) is 0 Å². The molecule has 1 aliphatic rings. The molecule has 16 heavy (non-hydrogen) atoms. The third kappa shape index (κ3) is 5.23. The maximum absolute atomic E-state index is 5.49. The minimum atomic E-state index is 0.656. The van der Waals surface area contributed by atoms with E-state index in [1.54, 1.807) is 0 Å². The second-order valence-electron chi connectivity index (χ2n) is 4.92. The Morgan fingerprint density at radius 3 is 2.81 bits per heavy atom. The van der Waals surface area contributed by atoms with Crippen LogP contribution in [0.2, 0.25) is 0 Å². The van der Waals surface area contributed by atoms with E-state index in [1.807, 2.05) is 0 Å². The van der Waals surface area contributed by atoms with Crippen molar-refractivity contribution in [1.82, 2.24) is 9.80 Å². The Morgan fingerprint density at radius 1 is 1.38 bits per heavy atom. The molecule has 3 nitrogen and oxygen atoms in total. The molecule has 0 bridgehead atoms. The molecule has 1 atom stereocenters. The van der Waals surface area contributed by atoms with Crippen LogP contribution in [-0.2, 0) is 0 Å². The zero-order chi connectivity index (χ0) is 12.0. The normalized spacial score (nSPS) is 24.2. The van der Waals surface area contributed by atoms with E-state index in [2.05, 4.69) is 23.8 Å². The van der Waals surface area contributed by atoms with Crippen LogP contribution in [-0.4, -0.2) is 54.1 Å². The first-order chi connectivity index (χ1) is 7.59. The maximum atomic E-state index is 5.49. The number of likely N-dealkylation sites (N-methyl/N-ethyl adjacent to an activating group) is 1. The zero-order valence-corrected chi connectivity index (χ0v) is 11.4. The molecular formula is C12H25N3S. The largest absolute Gasteiger partial charge is 0.393 e. The van der Waals surface area contributed by atoms with Gasteiger partial charge in [-0.15, -0.1) is 0 Å². The average molecular weight is 243 g/mol. The number of nitrogens with two attached hydrogens (primary N) is 1. The lowest BCUT2D eigenvalue weighted by Gasteiger charge is -2.27. The molecule has 1 rings (SSSR count). The van der Waals surface area contributed by atoms with Crippen LogP contribution >= 0.6 is 12.2 Å². The lowest BCUT2D eigenvalue weighted by atomic mass is 10.2. The van der Waals surface area contributed by atoms with Crippen molar-refractivity contribution in [2.75, 3.05) is 33.2 Å². The van der Waals surface area contributed by atoms with Gasteiger partial charge < -0.3 is 10.6 Å². The Hall–Kier alpha value is -0.190. The summed E-state index contributed by atoms with van der Waals surface area (Å²) in [5.41, 5.74) is 5.49. The number of hydrogen-bond donors (Lipinski definition) is 1. The predicted molar refractivity (Wildman–Crippen MR) is 73.8 cm³/mol. The first-order valence-electron chi connectivity index (χ1n) is 6.30. The van der Waals surface area contributed by atoms with E-state index in [1.165, 1.54) is 39.0 Å². The second-order valence-corrected chi connectivity index (χ2v) is 5.45. The molecule has 1 fully saturated rings. The number of unbranched alkanes of at least 4 members (excludes halogenated alkanes) is 1. The monoisotopic (exact) mass is 243 g/mol. The summed E-state index contributed by atoms with van der Waals surface area (Å²) in [7, 11) is 2.22. The Bertz CT molecular complexity index is 220.